The van der Waals surface area contributed by atoms with Crippen LogP contribution in [0.3, 0.4) is 0 Å². The van der Waals surface area contributed by atoms with Gasteiger partial charge >= 0.3 is 0 Å². The third-order valence-electron chi connectivity index (χ3n) is 5.73. The molecule has 1 atom stereocenters. The Kier molecular flexibility index (Phi) is 6.32. The van der Waals surface area contributed by atoms with E-state index < -0.39 is 27.9 Å². The summed E-state index contributed by atoms with van der Waals surface area (Å²) < 4.78 is 23.2. The predicted molar refractivity (Wildman–Crippen MR) is 126 cm³/mol. The van der Waals surface area contributed by atoms with Gasteiger partial charge in [-0.25, -0.2) is 13.6 Å². The minimum Gasteiger partial charge on any atom is -0.346 e. The number of carbonyl (C=O) groups excluding carboxylic acids is 3. The number of hydrogen-bond acceptors (Lipinski definition) is 5. The van der Waals surface area contributed by atoms with Crippen molar-refractivity contribution in [2.24, 2.45) is 5.14 Å². The molecule has 8 nitrogen and oxygen atoms in total. The molecule has 1 aliphatic heterocycles. The zero-order chi connectivity index (χ0) is 24.5. The Morgan fingerprint density at radius 1 is 0.941 bits per heavy atom. The molecule has 9 heteroatoms. The van der Waals surface area contributed by atoms with Crippen molar-refractivity contribution in [3.05, 3.63) is 101 Å². The summed E-state index contributed by atoms with van der Waals surface area (Å²) >= 11 is 0. The number of rotatable bonds is 7. The Bertz CT molecular complexity index is 1390. The van der Waals surface area contributed by atoms with Crippen molar-refractivity contribution in [1.29, 1.82) is 0 Å². The number of amides is 3. The molecule has 3 N–H and O–H groups in total. The molecule has 0 saturated heterocycles. The SMILES string of the molecule is CC(NC(=O)c1ccc2c(c1)C(=O)N(CCc1ccccc1)C2=O)c1cccc(S(N)(=O)=O)c1. The van der Waals surface area contributed by atoms with Gasteiger partial charge in [0.15, 0.2) is 0 Å². The summed E-state index contributed by atoms with van der Waals surface area (Å²) in [5.74, 6) is -1.27. The van der Waals surface area contributed by atoms with Gasteiger partial charge in [0.1, 0.15) is 0 Å². The number of nitrogens with zero attached hydrogens (tertiary/aromatic N) is 1. The number of imide groups is 1. The molecule has 3 amide bonds. The summed E-state index contributed by atoms with van der Waals surface area (Å²) in [7, 11) is -3.87. The highest BCUT2D eigenvalue weighted by Gasteiger charge is 2.35. The van der Waals surface area contributed by atoms with Crippen molar-refractivity contribution in [3.63, 3.8) is 0 Å². The number of nitrogens with two attached hydrogens (primary N) is 1. The second-order valence-corrected chi connectivity index (χ2v) is 9.63. The third-order valence-corrected chi connectivity index (χ3v) is 6.65. The highest BCUT2D eigenvalue weighted by atomic mass is 32.2. The average Bonchev–Trinajstić information content (AvgIpc) is 3.06. The Morgan fingerprint density at radius 3 is 2.35 bits per heavy atom. The van der Waals surface area contributed by atoms with Crippen LogP contribution in [0.15, 0.2) is 77.7 Å². The molecular formula is C25H23N3O5S. The summed E-state index contributed by atoms with van der Waals surface area (Å²) in [6, 6.07) is 19.4. The summed E-state index contributed by atoms with van der Waals surface area (Å²) in [5, 5.41) is 7.96. The van der Waals surface area contributed by atoms with Gasteiger partial charge in [0.05, 0.1) is 22.1 Å². The van der Waals surface area contributed by atoms with Crippen molar-refractivity contribution < 1.29 is 22.8 Å². The maximum atomic E-state index is 12.9. The lowest BCUT2D eigenvalue weighted by atomic mass is 10.0. The van der Waals surface area contributed by atoms with E-state index in [-0.39, 0.29) is 34.0 Å². The topological polar surface area (TPSA) is 127 Å². The van der Waals surface area contributed by atoms with E-state index in [1.807, 2.05) is 30.3 Å². The number of sulfonamides is 1. The van der Waals surface area contributed by atoms with Gasteiger partial charge in [0.2, 0.25) is 10.0 Å². The van der Waals surface area contributed by atoms with Crippen LogP contribution in [0.1, 0.15) is 55.2 Å². The minimum atomic E-state index is -3.87. The molecule has 0 aliphatic carbocycles. The van der Waals surface area contributed by atoms with Crippen LogP contribution in [0, 0.1) is 0 Å². The van der Waals surface area contributed by atoms with Gasteiger partial charge in [0, 0.05) is 12.1 Å². The van der Waals surface area contributed by atoms with Crippen LogP contribution in [0.4, 0.5) is 0 Å². The van der Waals surface area contributed by atoms with Crippen molar-refractivity contribution >= 4 is 27.7 Å². The quantitative estimate of drug-likeness (QED) is 0.506. The summed E-state index contributed by atoms with van der Waals surface area (Å²) in [5.41, 5.74) is 2.25. The predicted octanol–water partition coefficient (Wildman–Crippen LogP) is 2.66. The molecule has 0 radical (unpaired) electrons. The molecule has 4 rings (SSSR count). The van der Waals surface area contributed by atoms with Gasteiger partial charge < -0.3 is 5.32 Å². The van der Waals surface area contributed by atoms with Crippen molar-refractivity contribution in [2.75, 3.05) is 6.54 Å². The maximum absolute atomic E-state index is 12.9. The van der Waals surface area contributed by atoms with Crippen LogP contribution in [0.2, 0.25) is 0 Å². The summed E-state index contributed by atoms with van der Waals surface area (Å²) in [4.78, 5) is 39.6. The van der Waals surface area contributed by atoms with E-state index in [4.69, 9.17) is 5.14 Å². The maximum Gasteiger partial charge on any atom is 0.261 e. The number of hydrogen-bond donors (Lipinski definition) is 2. The van der Waals surface area contributed by atoms with Crippen molar-refractivity contribution in [1.82, 2.24) is 10.2 Å². The van der Waals surface area contributed by atoms with Gasteiger partial charge in [-0.15, -0.1) is 0 Å². The van der Waals surface area contributed by atoms with Crippen molar-refractivity contribution in [2.45, 2.75) is 24.3 Å². The Morgan fingerprint density at radius 2 is 1.65 bits per heavy atom. The van der Waals surface area contributed by atoms with E-state index in [9.17, 15) is 22.8 Å². The van der Waals surface area contributed by atoms with Crippen LogP contribution in [-0.4, -0.2) is 37.6 Å². The number of carbonyl (C=O) groups is 3. The second kappa shape index (κ2) is 9.20. The molecular weight excluding hydrogens is 454 g/mol. The van der Waals surface area contributed by atoms with Gasteiger partial charge in [-0.1, -0.05) is 42.5 Å². The zero-order valence-corrected chi connectivity index (χ0v) is 19.2. The Balaban J connectivity index is 1.48. The first-order chi connectivity index (χ1) is 16.1. The number of benzene rings is 3. The third kappa shape index (κ3) is 4.75. The summed E-state index contributed by atoms with van der Waals surface area (Å²) in [6.07, 6.45) is 0.536. The standard InChI is InChI=1S/C25H23N3O5S/c1-16(18-8-5-9-20(14-18)34(26,32)33)27-23(29)19-10-11-21-22(15-19)25(31)28(24(21)30)13-12-17-6-3-2-4-7-17/h2-11,14-16H,12-13H2,1H3,(H,27,29)(H2,26,32,33). The highest BCUT2D eigenvalue weighted by molar-refractivity contribution is 7.89. The monoisotopic (exact) mass is 477 g/mol. The van der Waals surface area contributed by atoms with E-state index in [2.05, 4.69) is 5.32 Å². The van der Waals surface area contributed by atoms with E-state index in [1.54, 1.807) is 19.1 Å². The molecule has 34 heavy (non-hydrogen) atoms. The van der Waals surface area contributed by atoms with Crippen molar-refractivity contribution in [3.8, 4) is 0 Å². The molecule has 0 bridgehead atoms. The fourth-order valence-electron chi connectivity index (χ4n) is 3.84. The molecule has 174 valence electrons. The second-order valence-electron chi connectivity index (χ2n) is 8.07. The molecule has 1 aliphatic rings. The van der Waals surface area contributed by atoms with Crippen LogP contribution < -0.4 is 10.5 Å². The fourth-order valence-corrected chi connectivity index (χ4v) is 4.41. The first kappa shape index (κ1) is 23.3. The van der Waals surface area contributed by atoms with E-state index >= 15 is 0 Å². The molecule has 3 aromatic rings. The lowest BCUT2D eigenvalue weighted by molar-refractivity contribution is 0.0656. The molecule has 0 aromatic heterocycles. The molecule has 0 fully saturated rings. The Hall–Kier alpha value is -3.82. The normalized spacial score (nSPS) is 14.1. The van der Waals surface area contributed by atoms with Gasteiger partial charge in [0.25, 0.3) is 17.7 Å². The van der Waals surface area contributed by atoms with Crippen LogP contribution in [-0.2, 0) is 16.4 Å². The van der Waals surface area contributed by atoms with E-state index in [0.717, 1.165) is 5.56 Å². The van der Waals surface area contributed by atoms with Crippen LogP contribution in [0.5, 0.6) is 0 Å². The van der Waals surface area contributed by atoms with Gasteiger partial charge in [-0.05, 0) is 54.8 Å². The first-order valence-corrected chi connectivity index (χ1v) is 12.2. The highest BCUT2D eigenvalue weighted by Crippen LogP contribution is 2.25. The molecule has 1 unspecified atom stereocenters. The number of fused-ring (bicyclic) bond motifs is 1. The van der Waals surface area contributed by atoms with Crippen LogP contribution >= 0.6 is 0 Å². The van der Waals surface area contributed by atoms with Gasteiger partial charge in [-0.2, -0.15) is 0 Å². The van der Waals surface area contributed by atoms with E-state index in [0.29, 0.717) is 12.0 Å². The molecule has 0 saturated carbocycles. The van der Waals surface area contributed by atoms with Crippen LogP contribution in [0.25, 0.3) is 0 Å². The largest absolute Gasteiger partial charge is 0.346 e. The summed E-state index contributed by atoms with van der Waals surface area (Å²) in [6.45, 7) is 1.95. The van der Waals surface area contributed by atoms with E-state index in [1.165, 1.54) is 35.2 Å². The fraction of sp³-hybridized carbons (Fsp3) is 0.160. The average molecular weight is 478 g/mol. The lowest BCUT2D eigenvalue weighted by Crippen LogP contribution is -2.31. The lowest BCUT2D eigenvalue weighted by Gasteiger charge is -2.15. The van der Waals surface area contributed by atoms with Gasteiger partial charge in [-0.3, -0.25) is 19.3 Å². The zero-order valence-electron chi connectivity index (χ0n) is 18.4. The molecule has 3 aromatic carbocycles. The Labute approximate surface area is 197 Å². The number of primary sulfonamides is 1. The first-order valence-electron chi connectivity index (χ1n) is 10.6. The smallest absolute Gasteiger partial charge is 0.261 e. The number of nitrogens with one attached hydrogen (secondary N) is 1. The molecule has 0 spiro atoms. The molecule has 1 heterocycles. The minimum absolute atomic E-state index is 0.0525.